The number of carboxylic acids is 1. The number of benzene rings is 1. The molecule has 2 atom stereocenters. The van der Waals surface area contributed by atoms with Crippen LogP contribution in [0.5, 0.6) is 5.75 Å². The van der Waals surface area contributed by atoms with E-state index in [-0.39, 0.29) is 0 Å². The van der Waals surface area contributed by atoms with Crippen molar-refractivity contribution in [3.8, 4) is 5.75 Å². The molecule has 1 fully saturated rings. The van der Waals surface area contributed by atoms with E-state index in [1.807, 2.05) is 30.3 Å². The van der Waals surface area contributed by atoms with E-state index >= 15 is 0 Å². The van der Waals surface area contributed by atoms with E-state index in [1.54, 1.807) is 4.90 Å². The first-order valence-corrected chi connectivity index (χ1v) is 5.99. The average molecular weight is 251 g/mol. The molecule has 2 rings (SSSR count). The minimum Gasteiger partial charge on any atom is -0.492 e. The number of likely N-dealkylation sites (tertiary alicyclic amines) is 1. The number of hydrogen-bond donors (Lipinski definition) is 2. The number of para-hydroxylation sites is 1. The number of carboxylic acid groups (broad SMARTS) is 1. The topological polar surface area (TPSA) is 70.0 Å². The number of carbonyl (C=O) groups is 1. The summed E-state index contributed by atoms with van der Waals surface area (Å²) in [5, 5.41) is 18.5. The summed E-state index contributed by atoms with van der Waals surface area (Å²) in [5.41, 5.74) is 0. The van der Waals surface area contributed by atoms with Gasteiger partial charge in [-0.15, -0.1) is 0 Å². The van der Waals surface area contributed by atoms with Crippen molar-refractivity contribution in [2.45, 2.75) is 18.6 Å². The van der Waals surface area contributed by atoms with Crippen LogP contribution in [0.3, 0.4) is 0 Å². The molecule has 1 heterocycles. The molecule has 5 nitrogen and oxygen atoms in total. The van der Waals surface area contributed by atoms with E-state index in [4.69, 9.17) is 9.84 Å². The summed E-state index contributed by atoms with van der Waals surface area (Å²) >= 11 is 0. The smallest absolute Gasteiger partial charge is 0.321 e. The Morgan fingerprint density at radius 3 is 2.78 bits per heavy atom. The van der Waals surface area contributed by atoms with Gasteiger partial charge in [0.2, 0.25) is 0 Å². The molecular formula is C13H17NO4. The van der Waals surface area contributed by atoms with Crippen LogP contribution in [0.25, 0.3) is 0 Å². The summed E-state index contributed by atoms with van der Waals surface area (Å²) in [6, 6.07) is 8.79. The fraction of sp³-hybridized carbons (Fsp3) is 0.462. The Bertz CT molecular complexity index is 395. The van der Waals surface area contributed by atoms with E-state index in [1.165, 1.54) is 0 Å². The Labute approximate surface area is 106 Å². The summed E-state index contributed by atoms with van der Waals surface area (Å²) in [6.45, 7) is 1.32. The first-order chi connectivity index (χ1) is 8.66. The van der Waals surface area contributed by atoms with Crippen molar-refractivity contribution in [2.24, 2.45) is 0 Å². The number of hydrogen-bond acceptors (Lipinski definition) is 4. The van der Waals surface area contributed by atoms with Crippen molar-refractivity contribution >= 4 is 5.97 Å². The van der Waals surface area contributed by atoms with Crippen LogP contribution in [0.4, 0.5) is 0 Å². The molecule has 1 aliphatic rings. The third-order valence-electron chi connectivity index (χ3n) is 3.06. The van der Waals surface area contributed by atoms with Crippen LogP contribution in [0.15, 0.2) is 30.3 Å². The molecule has 0 aliphatic carbocycles. The maximum atomic E-state index is 11.0. The van der Waals surface area contributed by atoms with Gasteiger partial charge in [-0.2, -0.15) is 0 Å². The van der Waals surface area contributed by atoms with E-state index in [2.05, 4.69) is 0 Å². The van der Waals surface area contributed by atoms with Gasteiger partial charge in [0.1, 0.15) is 18.4 Å². The molecule has 0 spiro atoms. The van der Waals surface area contributed by atoms with E-state index in [0.29, 0.717) is 26.1 Å². The number of β-amino-alcohol motifs (C(OH)–C–C–N with tert-alkyl or cyclic N) is 1. The lowest BCUT2D eigenvalue weighted by Crippen LogP contribution is -2.38. The zero-order chi connectivity index (χ0) is 13.0. The third kappa shape index (κ3) is 3.21. The molecule has 0 amide bonds. The zero-order valence-corrected chi connectivity index (χ0v) is 10.0. The van der Waals surface area contributed by atoms with Crippen LogP contribution in [0.2, 0.25) is 0 Å². The second-order valence-corrected chi connectivity index (χ2v) is 4.40. The minimum absolute atomic E-state index is 0.292. The Hall–Kier alpha value is -1.59. The van der Waals surface area contributed by atoms with Gasteiger partial charge in [0.05, 0.1) is 6.10 Å². The lowest BCUT2D eigenvalue weighted by molar-refractivity contribution is -0.142. The molecule has 1 aliphatic heterocycles. The van der Waals surface area contributed by atoms with Gasteiger partial charge in [0.15, 0.2) is 0 Å². The highest BCUT2D eigenvalue weighted by Gasteiger charge is 2.35. The number of aliphatic hydroxyl groups excluding tert-OH is 1. The molecule has 5 heteroatoms. The predicted molar refractivity (Wildman–Crippen MR) is 65.6 cm³/mol. The molecule has 98 valence electrons. The fourth-order valence-electron chi connectivity index (χ4n) is 2.18. The molecule has 0 saturated carbocycles. The van der Waals surface area contributed by atoms with Gasteiger partial charge in [-0.1, -0.05) is 18.2 Å². The highest BCUT2D eigenvalue weighted by atomic mass is 16.5. The SMILES string of the molecule is O=C(O)C1CC(O)CN1CCOc1ccccc1. The highest BCUT2D eigenvalue weighted by molar-refractivity contribution is 5.74. The molecule has 0 radical (unpaired) electrons. The van der Waals surface area contributed by atoms with E-state index < -0.39 is 18.1 Å². The predicted octanol–water partition coefficient (Wildman–Crippen LogP) is 0.585. The molecular weight excluding hydrogens is 234 g/mol. The van der Waals surface area contributed by atoms with Crippen molar-refractivity contribution in [3.63, 3.8) is 0 Å². The van der Waals surface area contributed by atoms with Crippen molar-refractivity contribution in [1.29, 1.82) is 0 Å². The molecule has 1 aromatic carbocycles. The van der Waals surface area contributed by atoms with Crippen LogP contribution >= 0.6 is 0 Å². The second kappa shape index (κ2) is 5.84. The zero-order valence-electron chi connectivity index (χ0n) is 10.0. The van der Waals surface area contributed by atoms with Crippen LogP contribution in [-0.4, -0.2) is 52.9 Å². The van der Waals surface area contributed by atoms with Gasteiger partial charge in [0, 0.05) is 19.5 Å². The standard InChI is InChI=1S/C13H17NO4/c15-10-8-12(13(16)17)14(9-10)6-7-18-11-4-2-1-3-5-11/h1-5,10,12,15H,6-9H2,(H,16,17). The largest absolute Gasteiger partial charge is 0.492 e. The van der Waals surface area contributed by atoms with Crippen LogP contribution in [0, 0.1) is 0 Å². The van der Waals surface area contributed by atoms with Gasteiger partial charge in [0.25, 0.3) is 0 Å². The van der Waals surface area contributed by atoms with Gasteiger partial charge in [-0.3, -0.25) is 9.69 Å². The minimum atomic E-state index is -0.883. The fourth-order valence-corrected chi connectivity index (χ4v) is 2.18. The summed E-state index contributed by atoms with van der Waals surface area (Å²) in [4.78, 5) is 12.7. The Balaban J connectivity index is 1.81. The monoisotopic (exact) mass is 251 g/mol. The second-order valence-electron chi connectivity index (χ2n) is 4.40. The molecule has 2 unspecified atom stereocenters. The van der Waals surface area contributed by atoms with Crippen LogP contribution in [-0.2, 0) is 4.79 Å². The Morgan fingerprint density at radius 1 is 1.39 bits per heavy atom. The first kappa shape index (κ1) is 12.9. The van der Waals surface area contributed by atoms with E-state index in [0.717, 1.165) is 5.75 Å². The average Bonchev–Trinajstić information content (AvgIpc) is 2.72. The molecule has 1 saturated heterocycles. The van der Waals surface area contributed by atoms with Gasteiger partial charge < -0.3 is 14.9 Å². The van der Waals surface area contributed by atoms with Crippen molar-refractivity contribution in [3.05, 3.63) is 30.3 Å². The van der Waals surface area contributed by atoms with Gasteiger partial charge >= 0.3 is 5.97 Å². The Morgan fingerprint density at radius 2 is 2.11 bits per heavy atom. The lowest BCUT2D eigenvalue weighted by Gasteiger charge is -2.20. The number of ether oxygens (including phenoxy) is 1. The van der Waals surface area contributed by atoms with Crippen molar-refractivity contribution in [2.75, 3.05) is 19.7 Å². The first-order valence-electron chi connectivity index (χ1n) is 5.99. The number of aliphatic carboxylic acids is 1. The summed E-state index contributed by atoms with van der Waals surface area (Å²) in [5.74, 6) is -0.115. The molecule has 0 bridgehead atoms. The quantitative estimate of drug-likeness (QED) is 0.801. The number of nitrogens with zero attached hydrogens (tertiary/aromatic N) is 1. The third-order valence-corrected chi connectivity index (χ3v) is 3.06. The molecule has 2 N–H and O–H groups in total. The number of rotatable bonds is 5. The summed E-state index contributed by atoms with van der Waals surface area (Å²) in [7, 11) is 0. The maximum absolute atomic E-state index is 11.0. The molecule has 18 heavy (non-hydrogen) atoms. The van der Waals surface area contributed by atoms with Gasteiger partial charge in [-0.05, 0) is 12.1 Å². The van der Waals surface area contributed by atoms with E-state index in [9.17, 15) is 9.90 Å². The van der Waals surface area contributed by atoms with Crippen LogP contribution < -0.4 is 4.74 Å². The van der Waals surface area contributed by atoms with Crippen molar-refractivity contribution < 1.29 is 19.7 Å². The molecule has 1 aromatic rings. The van der Waals surface area contributed by atoms with Crippen molar-refractivity contribution in [1.82, 2.24) is 4.90 Å². The Kier molecular flexibility index (Phi) is 4.17. The lowest BCUT2D eigenvalue weighted by atomic mass is 10.2. The normalized spacial score (nSPS) is 24.1. The van der Waals surface area contributed by atoms with Crippen LogP contribution in [0.1, 0.15) is 6.42 Å². The molecule has 0 aromatic heterocycles. The number of aliphatic hydroxyl groups is 1. The highest BCUT2D eigenvalue weighted by Crippen LogP contribution is 2.18. The summed E-state index contributed by atoms with van der Waals surface area (Å²) in [6.07, 6.45) is -0.261. The van der Waals surface area contributed by atoms with Gasteiger partial charge in [-0.25, -0.2) is 0 Å². The summed E-state index contributed by atoms with van der Waals surface area (Å²) < 4.78 is 5.52. The maximum Gasteiger partial charge on any atom is 0.321 e.